The lowest BCUT2D eigenvalue weighted by Crippen LogP contribution is -2.43. The summed E-state index contributed by atoms with van der Waals surface area (Å²) in [5, 5.41) is 1.06. The Morgan fingerprint density at radius 2 is 1.68 bits per heavy atom. The molecule has 5 heteroatoms. The van der Waals surface area contributed by atoms with Crippen molar-refractivity contribution in [3.8, 4) is 5.75 Å². The molecule has 0 amide bonds. The highest BCUT2D eigenvalue weighted by Crippen LogP contribution is 2.39. The first-order valence-electron chi connectivity index (χ1n) is 8.76. The number of fused-ring (bicyclic) bond motifs is 1. The van der Waals surface area contributed by atoms with Crippen LogP contribution in [0.1, 0.15) is 47.2 Å². The summed E-state index contributed by atoms with van der Waals surface area (Å²) in [7, 11) is -1.96. The summed E-state index contributed by atoms with van der Waals surface area (Å²) in [5.74, 6) is 0.842. The Morgan fingerprint density at radius 1 is 1.08 bits per heavy atom. The Labute approximate surface area is 152 Å². The average molecular weight is 362 g/mol. The number of ether oxygens (including phenoxy) is 1. The van der Waals surface area contributed by atoms with E-state index >= 15 is 0 Å². The van der Waals surface area contributed by atoms with E-state index < -0.39 is 13.9 Å². The second kappa shape index (κ2) is 6.20. The maximum Gasteiger partial charge on any atom is 0.419 e. The quantitative estimate of drug-likeness (QED) is 0.605. The fraction of sp³-hybridized carbons (Fsp3) is 0.550. The lowest BCUT2D eigenvalue weighted by Gasteiger charge is -2.36. The molecule has 0 aliphatic heterocycles. The van der Waals surface area contributed by atoms with Crippen LogP contribution in [-0.2, 0) is 4.74 Å². The third-order valence-corrected chi connectivity index (χ3v) is 9.08. The monoisotopic (exact) mass is 361 g/mol. The minimum atomic E-state index is -1.96. The molecule has 0 atom stereocenters. The highest BCUT2D eigenvalue weighted by Gasteiger charge is 2.39. The number of nitrogens with zero attached hydrogens (tertiary/aromatic N) is 1. The van der Waals surface area contributed by atoms with Gasteiger partial charge in [0, 0.05) is 11.1 Å². The fourth-order valence-corrected chi connectivity index (χ4v) is 3.44. The van der Waals surface area contributed by atoms with Gasteiger partial charge in [0.2, 0.25) is 0 Å². The first-order chi connectivity index (χ1) is 11.2. The van der Waals surface area contributed by atoms with Crippen LogP contribution in [0, 0.1) is 6.92 Å². The van der Waals surface area contributed by atoms with E-state index in [9.17, 15) is 4.79 Å². The number of hydrogen-bond donors (Lipinski definition) is 0. The van der Waals surface area contributed by atoms with Crippen LogP contribution in [0.2, 0.25) is 18.1 Å². The third kappa shape index (κ3) is 4.09. The molecule has 0 saturated heterocycles. The van der Waals surface area contributed by atoms with E-state index in [0.717, 1.165) is 22.3 Å². The molecule has 0 unspecified atom stereocenters. The molecule has 0 aliphatic carbocycles. The molecule has 2 aromatic rings. The molecule has 1 aromatic heterocycles. The first kappa shape index (κ1) is 19.6. The van der Waals surface area contributed by atoms with Gasteiger partial charge in [0.05, 0.1) is 5.52 Å². The van der Waals surface area contributed by atoms with Gasteiger partial charge in [0.15, 0.2) is 0 Å². The Balaban J connectivity index is 2.51. The average Bonchev–Trinajstić information content (AvgIpc) is 2.72. The minimum Gasteiger partial charge on any atom is -0.543 e. The van der Waals surface area contributed by atoms with E-state index in [1.54, 1.807) is 4.57 Å². The van der Waals surface area contributed by atoms with Crippen LogP contribution in [0.3, 0.4) is 0 Å². The second-order valence-corrected chi connectivity index (χ2v) is 13.9. The Morgan fingerprint density at radius 3 is 2.20 bits per heavy atom. The SMILES string of the molecule is Cc1cc2c(O[Si](C)(C)C(C)(C)C)cccc2n1C(=O)OC(C)(C)C. The van der Waals surface area contributed by atoms with E-state index in [-0.39, 0.29) is 11.1 Å². The zero-order valence-corrected chi connectivity index (χ0v) is 18.0. The summed E-state index contributed by atoms with van der Waals surface area (Å²) >= 11 is 0. The van der Waals surface area contributed by atoms with Crippen LogP contribution in [0.15, 0.2) is 24.3 Å². The molecule has 0 fully saturated rings. The molecule has 25 heavy (non-hydrogen) atoms. The fourth-order valence-electron chi connectivity index (χ4n) is 2.40. The summed E-state index contributed by atoms with van der Waals surface area (Å²) < 4.78 is 13.7. The second-order valence-electron chi connectivity index (χ2n) is 9.15. The topological polar surface area (TPSA) is 40.5 Å². The van der Waals surface area contributed by atoms with E-state index in [0.29, 0.717) is 0 Å². The maximum atomic E-state index is 12.6. The van der Waals surface area contributed by atoms with Gasteiger partial charge in [-0.25, -0.2) is 9.36 Å². The maximum absolute atomic E-state index is 12.6. The molecule has 4 nitrogen and oxygen atoms in total. The largest absolute Gasteiger partial charge is 0.543 e. The molecular formula is C20H31NO3Si. The molecule has 1 aromatic carbocycles. The Kier molecular flexibility index (Phi) is 4.85. The van der Waals surface area contributed by atoms with Crippen LogP contribution in [0.5, 0.6) is 5.75 Å². The number of carbonyl (C=O) groups is 1. The molecule has 0 bridgehead atoms. The molecule has 138 valence electrons. The van der Waals surface area contributed by atoms with Crippen molar-refractivity contribution in [1.29, 1.82) is 0 Å². The number of aromatic nitrogens is 1. The highest BCUT2D eigenvalue weighted by atomic mass is 28.4. The molecule has 0 radical (unpaired) electrons. The van der Waals surface area contributed by atoms with Crippen LogP contribution in [0.25, 0.3) is 10.9 Å². The number of carbonyl (C=O) groups excluding carboxylic acids is 1. The van der Waals surface area contributed by atoms with Crippen molar-refractivity contribution < 1.29 is 14.0 Å². The van der Waals surface area contributed by atoms with E-state index in [1.807, 2.05) is 52.0 Å². The summed E-state index contributed by atoms with van der Waals surface area (Å²) in [5.41, 5.74) is 1.13. The predicted octanol–water partition coefficient (Wildman–Crippen LogP) is 6.12. The van der Waals surface area contributed by atoms with Gasteiger partial charge in [-0.3, -0.25) is 0 Å². The van der Waals surface area contributed by atoms with Gasteiger partial charge in [0.1, 0.15) is 11.4 Å². The van der Waals surface area contributed by atoms with Crippen molar-refractivity contribution in [2.45, 2.75) is 72.2 Å². The smallest absolute Gasteiger partial charge is 0.419 e. The van der Waals surface area contributed by atoms with E-state index in [4.69, 9.17) is 9.16 Å². The summed E-state index contributed by atoms with van der Waals surface area (Å²) in [6.07, 6.45) is -0.357. The van der Waals surface area contributed by atoms with Crippen molar-refractivity contribution in [3.63, 3.8) is 0 Å². The number of benzene rings is 1. The van der Waals surface area contributed by atoms with Gasteiger partial charge in [-0.2, -0.15) is 0 Å². The van der Waals surface area contributed by atoms with Crippen LogP contribution >= 0.6 is 0 Å². The minimum absolute atomic E-state index is 0.109. The standard InChI is InChI=1S/C20H31NO3Si/c1-14-13-15-16(21(14)18(22)23-19(2,3)4)11-10-12-17(15)24-25(8,9)20(5,6)7/h10-13H,1-9H3. The zero-order chi connectivity index (χ0) is 19.2. The molecule has 0 spiro atoms. The molecular weight excluding hydrogens is 330 g/mol. The van der Waals surface area contributed by atoms with Crippen molar-refractivity contribution in [2.24, 2.45) is 0 Å². The van der Waals surface area contributed by atoms with E-state index in [2.05, 4.69) is 33.9 Å². The lowest BCUT2D eigenvalue weighted by molar-refractivity contribution is 0.0541. The summed E-state index contributed by atoms with van der Waals surface area (Å²) in [6.45, 7) is 18.6. The Bertz CT molecular complexity index is 792. The molecule has 0 saturated carbocycles. The summed E-state index contributed by atoms with van der Waals surface area (Å²) in [6, 6.07) is 7.86. The first-order valence-corrected chi connectivity index (χ1v) is 11.7. The molecule has 2 rings (SSSR count). The molecule has 0 aliphatic rings. The van der Waals surface area contributed by atoms with Gasteiger partial charge < -0.3 is 9.16 Å². The highest BCUT2D eigenvalue weighted by molar-refractivity contribution is 6.74. The molecule has 1 heterocycles. The van der Waals surface area contributed by atoms with Crippen molar-refractivity contribution in [3.05, 3.63) is 30.0 Å². The zero-order valence-electron chi connectivity index (χ0n) is 17.0. The number of hydrogen-bond acceptors (Lipinski definition) is 3. The van der Waals surface area contributed by atoms with Crippen molar-refractivity contribution in [1.82, 2.24) is 4.57 Å². The third-order valence-electron chi connectivity index (χ3n) is 4.74. The number of rotatable bonds is 2. The van der Waals surface area contributed by atoms with Gasteiger partial charge in [-0.15, -0.1) is 0 Å². The number of aryl methyl sites for hydroxylation is 1. The van der Waals surface area contributed by atoms with Crippen LogP contribution < -0.4 is 4.43 Å². The van der Waals surface area contributed by atoms with Crippen molar-refractivity contribution in [2.75, 3.05) is 0 Å². The molecule has 0 N–H and O–H groups in total. The normalized spacial score (nSPS) is 13.2. The van der Waals surface area contributed by atoms with E-state index in [1.165, 1.54) is 0 Å². The van der Waals surface area contributed by atoms with Crippen LogP contribution in [0.4, 0.5) is 4.79 Å². The van der Waals surface area contributed by atoms with Gasteiger partial charge in [-0.05, 0) is 64.0 Å². The van der Waals surface area contributed by atoms with Gasteiger partial charge in [-0.1, -0.05) is 26.8 Å². The summed E-state index contributed by atoms with van der Waals surface area (Å²) in [4.78, 5) is 12.6. The van der Waals surface area contributed by atoms with Gasteiger partial charge >= 0.3 is 6.09 Å². The lowest BCUT2D eigenvalue weighted by atomic mass is 10.2. The predicted molar refractivity (Wildman–Crippen MR) is 106 cm³/mol. The van der Waals surface area contributed by atoms with Crippen LogP contribution in [-0.4, -0.2) is 24.6 Å². The van der Waals surface area contributed by atoms with Crippen molar-refractivity contribution >= 4 is 25.3 Å². The van der Waals surface area contributed by atoms with Gasteiger partial charge in [0.25, 0.3) is 8.32 Å². The Hall–Kier alpha value is -1.75.